The first kappa shape index (κ1) is 16.8. The molecule has 1 fully saturated rings. The molecule has 2 aliphatic carbocycles. The van der Waals surface area contributed by atoms with E-state index >= 15 is 0 Å². The van der Waals surface area contributed by atoms with Gasteiger partial charge in [0.2, 0.25) is 0 Å². The lowest BCUT2D eigenvalue weighted by atomic mass is 9.72. The number of thiophene rings is 1. The Hall–Kier alpha value is -0.610. The predicted molar refractivity (Wildman–Crippen MR) is 105 cm³/mol. The number of nitrogens with zero attached hydrogens (tertiary/aromatic N) is 2. The third kappa shape index (κ3) is 3.12. The quantitative estimate of drug-likeness (QED) is 0.480. The smallest absolute Gasteiger partial charge is 0.134 e. The van der Waals surface area contributed by atoms with Crippen LogP contribution < -0.4 is 0 Å². The van der Waals surface area contributed by atoms with Crippen LogP contribution in [0.1, 0.15) is 76.1 Å². The van der Waals surface area contributed by atoms with Crippen LogP contribution in [0.5, 0.6) is 0 Å². The summed E-state index contributed by atoms with van der Waals surface area (Å²) < 4.78 is 0. The van der Waals surface area contributed by atoms with E-state index in [0.717, 1.165) is 11.7 Å². The van der Waals surface area contributed by atoms with Gasteiger partial charge in [0.25, 0.3) is 0 Å². The maximum absolute atomic E-state index is 5.01. The number of thioether (sulfide) groups is 1. The normalized spacial score (nSPS) is 21.5. The number of hydrogen-bond donors (Lipinski definition) is 0. The Balaban J connectivity index is 1.81. The van der Waals surface area contributed by atoms with Gasteiger partial charge in [-0.1, -0.05) is 34.6 Å². The lowest BCUT2D eigenvalue weighted by Crippen LogP contribution is -2.26. The molecule has 24 heavy (non-hydrogen) atoms. The fraction of sp³-hybridized carbons (Fsp3) is 0.700. The molecule has 4 rings (SSSR count). The summed E-state index contributed by atoms with van der Waals surface area (Å²) in [7, 11) is 0. The van der Waals surface area contributed by atoms with Crippen molar-refractivity contribution >= 4 is 33.3 Å². The minimum Gasteiger partial charge on any atom is -0.226 e. The third-order valence-electron chi connectivity index (χ3n) is 5.41. The highest BCUT2D eigenvalue weighted by Gasteiger charge is 2.33. The van der Waals surface area contributed by atoms with E-state index in [1.165, 1.54) is 47.3 Å². The number of aromatic nitrogens is 2. The number of fused-ring (bicyclic) bond motifs is 3. The van der Waals surface area contributed by atoms with Gasteiger partial charge in [-0.2, -0.15) is 0 Å². The molecule has 0 saturated heterocycles. The highest BCUT2D eigenvalue weighted by molar-refractivity contribution is 8.00. The van der Waals surface area contributed by atoms with Crippen LogP contribution in [0, 0.1) is 11.3 Å². The van der Waals surface area contributed by atoms with Crippen molar-refractivity contribution in [2.45, 2.75) is 82.9 Å². The summed E-state index contributed by atoms with van der Waals surface area (Å²) >= 11 is 3.88. The van der Waals surface area contributed by atoms with Crippen LogP contribution in [0.3, 0.4) is 0 Å². The molecule has 2 nitrogen and oxygen atoms in total. The van der Waals surface area contributed by atoms with Gasteiger partial charge < -0.3 is 0 Å². The first-order valence-corrected chi connectivity index (χ1v) is 11.0. The van der Waals surface area contributed by atoms with E-state index in [9.17, 15) is 0 Å². The summed E-state index contributed by atoms with van der Waals surface area (Å²) in [5, 5.41) is 3.21. The molecule has 0 N–H and O–H groups in total. The molecule has 1 atom stereocenters. The molecular weight excluding hydrogens is 332 g/mol. The molecule has 0 amide bonds. The van der Waals surface area contributed by atoms with Gasteiger partial charge >= 0.3 is 0 Å². The minimum absolute atomic E-state index is 0.397. The van der Waals surface area contributed by atoms with Crippen molar-refractivity contribution in [1.29, 1.82) is 0 Å². The first-order valence-electron chi connectivity index (χ1n) is 9.31. The van der Waals surface area contributed by atoms with Crippen LogP contribution >= 0.6 is 23.1 Å². The monoisotopic (exact) mass is 360 g/mol. The molecule has 0 unspecified atom stereocenters. The maximum Gasteiger partial charge on any atom is 0.134 e. The lowest BCUT2D eigenvalue weighted by Gasteiger charge is -2.33. The zero-order valence-corrected chi connectivity index (χ0v) is 17.1. The Morgan fingerprint density at radius 2 is 1.88 bits per heavy atom. The molecule has 0 aliphatic heterocycles. The van der Waals surface area contributed by atoms with Gasteiger partial charge in [0.05, 0.1) is 0 Å². The standard InChI is InChI=1S/C20H28N2S2/c1-11(2)23-18-16-14-9-8-13(20(3,4)5)10-15(14)24-19(16)22-17(21-18)12-6-7-12/h11-13H,6-10H2,1-5H3/t13-/m1/s1. The molecule has 0 bridgehead atoms. The second-order valence-electron chi connectivity index (χ2n) is 8.82. The molecule has 2 aromatic rings. The van der Waals surface area contributed by atoms with Gasteiger partial charge in [-0.3, -0.25) is 0 Å². The Kier molecular flexibility index (Phi) is 4.20. The SMILES string of the molecule is CC(C)Sc1nc(C2CC2)nc2sc3c(c12)CC[C@@H](C(C)(C)C)C3. The Labute approximate surface area is 153 Å². The van der Waals surface area contributed by atoms with E-state index in [2.05, 4.69) is 34.6 Å². The predicted octanol–water partition coefficient (Wildman–Crippen LogP) is 6.22. The highest BCUT2D eigenvalue weighted by Crippen LogP contribution is 2.47. The van der Waals surface area contributed by atoms with E-state index < -0.39 is 0 Å². The van der Waals surface area contributed by atoms with E-state index in [1.807, 2.05) is 23.1 Å². The summed E-state index contributed by atoms with van der Waals surface area (Å²) in [5.74, 6) is 2.52. The molecule has 0 radical (unpaired) electrons. The molecule has 0 aromatic carbocycles. The molecule has 2 aliphatic rings. The van der Waals surface area contributed by atoms with Crippen molar-refractivity contribution < 1.29 is 0 Å². The fourth-order valence-corrected chi connectivity index (χ4v) is 6.03. The molecule has 130 valence electrons. The molecule has 2 heterocycles. The lowest BCUT2D eigenvalue weighted by molar-refractivity contribution is 0.218. The van der Waals surface area contributed by atoms with Crippen molar-refractivity contribution in [3.8, 4) is 0 Å². The van der Waals surface area contributed by atoms with Gasteiger partial charge in [-0.25, -0.2) is 9.97 Å². The van der Waals surface area contributed by atoms with Gasteiger partial charge in [0, 0.05) is 21.4 Å². The van der Waals surface area contributed by atoms with Gasteiger partial charge in [0.1, 0.15) is 15.7 Å². The van der Waals surface area contributed by atoms with Gasteiger partial charge in [0.15, 0.2) is 0 Å². The zero-order valence-electron chi connectivity index (χ0n) is 15.5. The third-order valence-corrected chi connectivity index (χ3v) is 7.55. The van der Waals surface area contributed by atoms with Crippen LogP contribution in [0.4, 0.5) is 0 Å². The second-order valence-corrected chi connectivity index (χ2v) is 11.5. The first-order chi connectivity index (χ1) is 11.3. The van der Waals surface area contributed by atoms with E-state index in [-0.39, 0.29) is 0 Å². The van der Waals surface area contributed by atoms with Crippen molar-refractivity contribution in [2.75, 3.05) is 0 Å². The van der Waals surface area contributed by atoms with Crippen LogP contribution in [0.2, 0.25) is 0 Å². The van der Waals surface area contributed by atoms with Crippen LogP contribution in [-0.4, -0.2) is 15.2 Å². The molecule has 2 aromatic heterocycles. The van der Waals surface area contributed by atoms with Crippen LogP contribution in [0.25, 0.3) is 10.2 Å². The Bertz CT molecular complexity index is 766. The number of hydrogen-bond acceptors (Lipinski definition) is 4. The summed E-state index contributed by atoms with van der Waals surface area (Å²) in [6.07, 6.45) is 6.28. The Morgan fingerprint density at radius 3 is 2.50 bits per heavy atom. The van der Waals surface area contributed by atoms with Crippen molar-refractivity contribution in [1.82, 2.24) is 9.97 Å². The second kappa shape index (κ2) is 5.98. The summed E-state index contributed by atoms with van der Waals surface area (Å²) in [6, 6.07) is 0. The van der Waals surface area contributed by atoms with Crippen molar-refractivity contribution in [3.05, 3.63) is 16.3 Å². The summed E-state index contributed by atoms with van der Waals surface area (Å²) in [5.41, 5.74) is 1.97. The average Bonchev–Trinajstić information content (AvgIpc) is 3.25. The molecular formula is C20H28N2S2. The van der Waals surface area contributed by atoms with E-state index in [4.69, 9.17) is 9.97 Å². The average molecular weight is 361 g/mol. The minimum atomic E-state index is 0.397. The Morgan fingerprint density at radius 1 is 1.12 bits per heavy atom. The number of rotatable bonds is 3. The van der Waals surface area contributed by atoms with Crippen molar-refractivity contribution in [2.24, 2.45) is 11.3 Å². The summed E-state index contributed by atoms with van der Waals surface area (Å²) in [6.45, 7) is 11.7. The van der Waals surface area contributed by atoms with Crippen LogP contribution in [0.15, 0.2) is 5.03 Å². The molecule has 1 saturated carbocycles. The van der Waals surface area contributed by atoms with Gasteiger partial charge in [-0.15, -0.1) is 23.1 Å². The van der Waals surface area contributed by atoms with E-state index in [0.29, 0.717) is 16.6 Å². The molecule has 4 heteroatoms. The van der Waals surface area contributed by atoms with Gasteiger partial charge in [-0.05, 0) is 49.0 Å². The van der Waals surface area contributed by atoms with Crippen molar-refractivity contribution in [3.63, 3.8) is 0 Å². The molecule has 0 spiro atoms. The highest BCUT2D eigenvalue weighted by atomic mass is 32.2. The van der Waals surface area contributed by atoms with Crippen LogP contribution in [-0.2, 0) is 12.8 Å². The largest absolute Gasteiger partial charge is 0.226 e. The number of aryl methyl sites for hydroxylation is 1. The topological polar surface area (TPSA) is 25.8 Å². The maximum atomic E-state index is 5.01. The summed E-state index contributed by atoms with van der Waals surface area (Å²) in [4.78, 5) is 12.8. The fourth-order valence-electron chi connectivity index (χ4n) is 3.73. The zero-order chi connectivity index (χ0) is 17.1. The van der Waals surface area contributed by atoms with E-state index in [1.54, 1.807) is 10.4 Å².